The minimum atomic E-state index is -3.28. The van der Waals surface area contributed by atoms with Crippen molar-refractivity contribution in [3.05, 3.63) is 59.7 Å². The minimum absolute atomic E-state index is 0.180. The number of ketones is 1. The highest BCUT2D eigenvalue weighted by atomic mass is 32.2. The Bertz CT molecular complexity index is 881. The first-order valence-electron chi connectivity index (χ1n) is 7.69. The molecule has 0 fully saturated rings. The number of rotatable bonds is 7. The molecule has 0 aliphatic heterocycles. The lowest BCUT2D eigenvalue weighted by atomic mass is 10.1. The van der Waals surface area contributed by atoms with E-state index in [4.69, 9.17) is 9.47 Å². The number of sulfone groups is 1. The number of carbonyl (C=O) groups is 1. The van der Waals surface area contributed by atoms with Crippen molar-refractivity contribution in [2.45, 2.75) is 11.8 Å². The summed E-state index contributed by atoms with van der Waals surface area (Å²) >= 11 is 0. The van der Waals surface area contributed by atoms with Crippen LogP contribution in [-0.4, -0.2) is 34.2 Å². The van der Waals surface area contributed by atoms with Gasteiger partial charge in [0.05, 0.1) is 18.6 Å². The molecule has 5 nitrogen and oxygen atoms in total. The molecule has 132 valence electrons. The Morgan fingerprint density at radius 3 is 2.36 bits per heavy atom. The standard InChI is InChI=1S/C19H20O5S/c1-4-24-18-7-5-6-15(19(18)23-2)10-13-17(20)14-8-11-16(12-9-14)25(3,21)22/h5-13H,4H2,1-3H3/b13-10+. The molecule has 0 unspecified atom stereocenters. The second-order valence-corrected chi connectivity index (χ2v) is 7.32. The van der Waals surface area contributed by atoms with Crippen molar-refractivity contribution >= 4 is 21.7 Å². The van der Waals surface area contributed by atoms with E-state index in [-0.39, 0.29) is 10.7 Å². The fourth-order valence-corrected chi connectivity index (χ4v) is 2.91. The SMILES string of the molecule is CCOc1cccc(/C=C/C(=O)c2ccc(S(C)(=O)=O)cc2)c1OC. The molecule has 0 saturated heterocycles. The lowest BCUT2D eigenvalue weighted by Crippen LogP contribution is -1.99. The highest BCUT2D eigenvalue weighted by molar-refractivity contribution is 7.90. The molecule has 0 heterocycles. The second kappa shape index (κ2) is 7.98. The number of ether oxygens (including phenoxy) is 2. The summed E-state index contributed by atoms with van der Waals surface area (Å²) in [6, 6.07) is 11.3. The van der Waals surface area contributed by atoms with Crippen molar-refractivity contribution in [2.75, 3.05) is 20.0 Å². The summed E-state index contributed by atoms with van der Waals surface area (Å²) in [6.07, 6.45) is 4.19. The summed E-state index contributed by atoms with van der Waals surface area (Å²) < 4.78 is 33.8. The molecule has 0 aliphatic rings. The summed E-state index contributed by atoms with van der Waals surface area (Å²) in [7, 11) is -1.74. The summed E-state index contributed by atoms with van der Waals surface area (Å²) in [5, 5.41) is 0. The van der Waals surface area contributed by atoms with Crippen LogP contribution in [0.25, 0.3) is 6.08 Å². The maximum absolute atomic E-state index is 12.3. The van der Waals surface area contributed by atoms with Gasteiger partial charge in [-0.1, -0.05) is 12.1 Å². The smallest absolute Gasteiger partial charge is 0.185 e. The predicted octanol–water partition coefficient (Wildman–Crippen LogP) is 3.39. The summed E-state index contributed by atoms with van der Waals surface area (Å²) in [5.41, 5.74) is 1.12. The van der Waals surface area contributed by atoms with Crippen LogP contribution in [-0.2, 0) is 9.84 Å². The summed E-state index contributed by atoms with van der Waals surface area (Å²) in [5.74, 6) is 0.932. The van der Waals surface area contributed by atoms with Crippen LogP contribution in [0.4, 0.5) is 0 Å². The molecule has 2 aromatic carbocycles. The molecule has 25 heavy (non-hydrogen) atoms. The molecule has 0 amide bonds. The number of carbonyl (C=O) groups excluding carboxylic acids is 1. The summed E-state index contributed by atoms with van der Waals surface area (Å²) in [4.78, 5) is 12.5. The van der Waals surface area contributed by atoms with Crippen molar-refractivity contribution < 1.29 is 22.7 Å². The third-order valence-corrected chi connectivity index (χ3v) is 4.62. The Kier molecular flexibility index (Phi) is 5.98. The van der Waals surface area contributed by atoms with Gasteiger partial charge in [-0.05, 0) is 49.4 Å². The highest BCUT2D eigenvalue weighted by Crippen LogP contribution is 2.32. The average molecular weight is 360 g/mol. The molecule has 0 aliphatic carbocycles. The van der Waals surface area contributed by atoms with Gasteiger partial charge in [0.25, 0.3) is 0 Å². The molecule has 0 bridgehead atoms. The Morgan fingerprint density at radius 1 is 1.12 bits per heavy atom. The van der Waals surface area contributed by atoms with Gasteiger partial charge >= 0.3 is 0 Å². The molecular formula is C19H20O5S. The van der Waals surface area contributed by atoms with Gasteiger partial charge in [-0.3, -0.25) is 4.79 Å². The van der Waals surface area contributed by atoms with E-state index in [0.29, 0.717) is 23.7 Å². The number of hydrogen-bond acceptors (Lipinski definition) is 5. The van der Waals surface area contributed by atoms with Gasteiger partial charge in [0.1, 0.15) is 0 Å². The lowest BCUT2D eigenvalue weighted by Gasteiger charge is -2.11. The van der Waals surface area contributed by atoms with Crippen molar-refractivity contribution in [1.29, 1.82) is 0 Å². The molecule has 0 N–H and O–H groups in total. The van der Waals surface area contributed by atoms with Gasteiger partial charge in [-0.15, -0.1) is 0 Å². The molecule has 0 aromatic heterocycles. The van der Waals surface area contributed by atoms with E-state index in [1.54, 1.807) is 19.3 Å². The van der Waals surface area contributed by atoms with Crippen LogP contribution in [0.2, 0.25) is 0 Å². The van der Waals surface area contributed by atoms with Gasteiger partial charge in [-0.2, -0.15) is 0 Å². The quantitative estimate of drug-likeness (QED) is 0.559. The van der Waals surface area contributed by atoms with Crippen LogP contribution >= 0.6 is 0 Å². The van der Waals surface area contributed by atoms with E-state index in [9.17, 15) is 13.2 Å². The van der Waals surface area contributed by atoms with Gasteiger partial charge in [0.2, 0.25) is 0 Å². The van der Waals surface area contributed by atoms with Crippen molar-refractivity contribution in [3.8, 4) is 11.5 Å². The van der Waals surface area contributed by atoms with Crippen LogP contribution in [0, 0.1) is 0 Å². The molecule has 2 aromatic rings. The number of benzene rings is 2. The monoisotopic (exact) mass is 360 g/mol. The molecule has 2 rings (SSSR count). The Labute approximate surface area is 147 Å². The van der Waals surface area contributed by atoms with Crippen LogP contribution < -0.4 is 9.47 Å². The zero-order valence-electron chi connectivity index (χ0n) is 14.4. The molecule has 0 saturated carbocycles. The minimum Gasteiger partial charge on any atom is -0.492 e. The first-order valence-corrected chi connectivity index (χ1v) is 9.58. The number of allylic oxidation sites excluding steroid dienone is 1. The lowest BCUT2D eigenvalue weighted by molar-refractivity contribution is 0.104. The molecule has 0 radical (unpaired) electrons. The maximum Gasteiger partial charge on any atom is 0.185 e. The van der Waals surface area contributed by atoms with Gasteiger partial charge in [-0.25, -0.2) is 8.42 Å². The van der Waals surface area contributed by atoms with E-state index in [1.807, 2.05) is 19.1 Å². The van der Waals surface area contributed by atoms with Crippen LogP contribution in [0.15, 0.2) is 53.4 Å². The first kappa shape index (κ1) is 18.7. The topological polar surface area (TPSA) is 69.7 Å². The second-order valence-electron chi connectivity index (χ2n) is 5.31. The van der Waals surface area contributed by atoms with Crippen LogP contribution in [0.1, 0.15) is 22.8 Å². The third-order valence-electron chi connectivity index (χ3n) is 3.49. The average Bonchev–Trinajstić information content (AvgIpc) is 2.59. The Hall–Kier alpha value is -2.60. The molecule has 6 heteroatoms. The Balaban J connectivity index is 2.24. The molecule has 0 spiro atoms. The fraction of sp³-hybridized carbons (Fsp3) is 0.211. The molecular weight excluding hydrogens is 340 g/mol. The third kappa shape index (κ3) is 4.70. The normalized spacial score (nSPS) is 11.5. The largest absolute Gasteiger partial charge is 0.492 e. The van der Waals surface area contributed by atoms with Crippen molar-refractivity contribution in [1.82, 2.24) is 0 Å². The zero-order valence-corrected chi connectivity index (χ0v) is 15.2. The molecule has 0 atom stereocenters. The summed E-state index contributed by atoms with van der Waals surface area (Å²) in [6.45, 7) is 2.39. The van der Waals surface area contributed by atoms with Crippen molar-refractivity contribution in [2.24, 2.45) is 0 Å². The predicted molar refractivity (Wildman–Crippen MR) is 97.1 cm³/mol. The highest BCUT2D eigenvalue weighted by Gasteiger charge is 2.10. The van der Waals surface area contributed by atoms with Crippen molar-refractivity contribution in [3.63, 3.8) is 0 Å². The van der Waals surface area contributed by atoms with Gasteiger partial charge < -0.3 is 9.47 Å². The zero-order chi connectivity index (χ0) is 18.4. The van der Waals surface area contributed by atoms with E-state index in [2.05, 4.69) is 0 Å². The number of hydrogen-bond donors (Lipinski definition) is 0. The van der Waals surface area contributed by atoms with E-state index >= 15 is 0 Å². The van der Waals surface area contributed by atoms with Crippen LogP contribution in [0.3, 0.4) is 0 Å². The maximum atomic E-state index is 12.3. The van der Waals surface area contributed by atoms with Crippen LogP contribution in [0.5, 0.6) is 11.5 Å². The van der Waals surface area contributed by atoms with E-state index < -0.39 is 9.84 Å². The van der Waals surface area contributed by atoms with E-state index in [0.717, 1.165) is 11.8 Å². The number of para-hydroxylation sites is 1. The first-order chi connectivity index (χ1) is 11.9. The fourth-order valence-electron chi connectivity index (χ4n) is 2.28. The van der Waals surface area contributed by atoms with E-state index in [1.165, 1.54) is 30.3 Å². The van der Waals surface area contributed by atoms with Gasteiger partial charge in [0.15, 0.2) is 27.1 Å². The Morgan fingerprint density at radius 2 is 1.80 bits per heavy atom. The van der Waals surface area contributed by atoms with Gasteiger partial charge in [0, 0.05) is 17.4 Å². The number of methoxy groups -OCH3 is 1.